The van der Waals surface area contributed by atoms with E-state index in [4.69, 9.17) is 18.0 Å². The molecule has 0 unspecified atom stereocenters. The van der Waals surface area contributed by atoms with Gasteiger partial charge in [0.15, 0.2) is 0 Å². The van der Waals surface area contributed by atoms with Crippen LogP contribution in [-0.2, 0) is 6.54 Å². The topological polar surface area (TPSA) is 29.3 Å². The average molecular weight is 280 g/mol. The Kier molecular flexibility index (Phi) is 4.88. The van der Waals surface area contributed by atoms with E-state index in [0.29, 0.717) is 5.56 Å². The smallest absolute Gasteiger partial charge is 0.123 e. The molecule has 0 aromatic heterocycles. The Morgan fingerprint density at radius 1 is 1.42 bits per heavy atom. The Labute approximate surface area is 119 Å². The van der Waals surface area contributed by atoms with Gasteiger partial charge in [-0.15, -0.1) is 0 Å². The van der Waals surface area contributed by atoms with Crippen molar-refractivity contribution in [3.63, 3.8) is 0 Å². The molecule has 0 atom stereocenters. The summed E-state index contributed by atoms with van der Waals surface area (Å²) in [5.74, 6) is 0.517. The molecule has 19 heavy (non-hydrogen) atoms. The van der Waals surface area contributed by atoms with Crippen molar-refractivity contribution < 1.29 is 4.39 Å². The van der Waals surface area contributed by atoms with Crippen LogP contribution in [0.2, 0.25) is 0 Å². The summed E-state index contributed by atoms with van der Waals surface area (Å²) >= 11 is 5.00. The molecule has 0 aliphatic heterocycles. The van der Waals surface area contributed by atoms with Crippen molar-refractivity contribution in [2.75, 3.05) is 13.6 Å². The van der Waals surface area contributed by atoms with Crippen molar-refractivity contribution in [2.45, 2.75) is 32.2 Å². The van der Waals surface area contributed by atoms with Gasteiger partial charge in [-0.05, 0) is 43.5 Å². The van der Waals surface area contributed by atoms with Crippen molar-refractivity contribution in [1.29, 1.82) is 0 Å². The third-order valence-corrected chi connectivity index (χ3v) is 4.04. The molecule has 1 aromatic carbocycles. The van der Waals surface area contributed by atoms with Gasteiger partial charge < -0.3 is 10.6 Å². The lowest BCUT2D eigenvalue weighted by Crippen LogP contribution is -2.25. The second kappa shape index (κ2) is 6.44. The molecule has 0 radical (unpaired) electrons. The molecule has 1 aliphatic carbocycles. The van der Waals surface area contributed by atoms with Crippen LogP contribution in [0.4, 0.5) is 4.39 Å². The summed E-state index contributed by atoms with van der Waals surface area (Å²) < 4.78 is 13.2. The van der Waals surface area contributed by atoms with Gasteiger partial charge in [-0.25, -0.2) is 4.39 Å². The minimum absolute atomic E-state index is 0.267. The molecule has 0 amide bonds. The fourth-order valence-corrected chi connectivity index (χ4v) is 3.10. The lowest BCUT2D eigenvalue weighted by atomic mass is 10.0. The molecule has 0 spiro atoms. The van der Waals surface area contributed by atoms with Crippen LogP contribution in [0.5, 0.6) is 0 Å². The first-order chi connectivity index (χ1) is 9.06. The average Bonchev–Trinajstić information content (AvgIpc) is 2.83. The minimum Gasteiger partial charge on any atom is -0.389 e. The number of rotatable bonds is 5. The molecule has 0 heterocycles. The van der Waals surface area contributed by atoms with Gasteiger partial charge in [0.1, 0.15) is 10.8 Å². The highest BCUT2D eigenvalue weighted by atomic mass is 32.1. The number of thiocarbonyl (C=S) groups is 1. The summed E-state index contributed by atoms with van der Waals surface area (Å²) in [6.45, 7) is 1.86. The van der Waals surface area contributed by atoms with Crippen LogP contribution in [0.25, 0.3) is 0 Å². The lowest BCUT2D eigenvalue weighted by Gasteiger charge is -2.22. The van der Waals surface area contributed by atoms with E-state index in [0.717, 1.165) is 24.6 Å². The third kappa shape index (κ3) is 3.98. The first-order valence-corrected chi connectivity index (χ1v) is 7.24. The Morgan fingerprint density at radius 3 is 2.74 bits per heavy atom. The molecule has 0 saturated heterocycles. The Morgan fingerprint density at radius 2 is 2.11 bits per heavy atom. The van der Waals surface area contributed by atoms with Gasteiger partial charge in [0.25, 0.3) is 0 Å². The number of halogens is 1. The maximum absolute atomic E-state index is 13.2. The Hall–Kier alpha value is -1.00. The van der Waals surface area contributed by atoms with Gasteiger partial charge in [-0.3, -0.25) is 0 Å². The van der Waals surface area contributed by atoms with Crippen molar-refractivity contribution in [3.05, 3.63) is 35.1 Å². The van der Waals surface area contributed by atoms with Gasteiger partial charge in [-0.1, -0.05) is 31.1 Å². The molecule has 2 N–H and O–H groups in total. The van der Waals surface area contributed by atoms with Crippen LogP contribution in [0.1, 0.15) is 36.8 Å². The summed E-state index contributed by atoms with van der Waals surface area (Å²) in [5.41, 5.74) is 7.34. The molecule has 2 nitrogen and oxygen atoms in total. The zero-order valence-electron chi connectivity index (χ0n) is 11.4. The molecule has 0 bridgehead atoms. The zero-order valence-corrected chi connectivity index (χ0v) is 12.2. The number of hydrogen-bond donors (Lipinski definition) is 1. The first kappa shape index (κ1) is 14.4. The number of nitrogens with two attached hydrogens (primary N) is 1. The third-order valence-electron chi connectivity index (χ3n) is 3.82. The van der Waals surface area contributed by atoms with Crippen LogP contribution in [0.15, 0.2) is 18.2 Å². The summed E-state index contributed by atoms with van der Waals surface area (Å²) in [4.78, 5) is 2.55. The molecular formula is C15H21FN2S. The molecule has 4 heteroatoms. The largest absolute Gasteiger partial charge is 0.389 e. The van der Waals surface area contributed by atoms with Crippen molar-refractivity contribution >= 4 is 17.2 Å². The molecular weight excluding hydrogens is 259 g/mol. The van der Waals surface area contributed by atoms with Gasteiger partial charge in [0.2, 0.25) is 0 Å². The molecule has 1 aromatic rings. The highest BCUT2D eigenvalue weighted by Gasteiger charge is 2.17. The Bertz CT molecular complexity index is 455. The van der Waals surface area contributed by atoms with E-state index >= 15 is 0 Å². The Balaban J connectivity index is 2.03. The van der Waals surface area contributed by atoms with Gasteiger partial charge in [0.05, 0.1) is 0 Å². The van der Waals surface area contributed by atoms with Crippen molar-refractivity contribution in [3.8, 4) is 0 Å². The quantitative estimate of drug-likeness (QED) is 0.841. The lowest BCUT2D eigenvalue weighted by molar-refractivity contribution is 0.271. The number of nitrogens with zero attached hydrogens (tertiary/aromatic N) is 1. The second-order valence-corrected chi connectivity index (χ2v) is 5.95. The SMILES string of the molecule is CN(Cc1ccc(F)cc1C(N)=S)CC1CCCC1. The van der Waals surface area contributed by atoms with Crippen molar-refractivity contribution in [2.24, 2.45) is 11.7 Å². The summed E-state index contributed by atoms with van der Waals surface area (Å²) in [6, 6.07) is 4.69. The standard InChI is InChI=1S/C15H21FN2S/c1-18(9-11-4-2-3-5-11)10-12-6-7-13(16)8-14(12)15(17)19/h6-8,11H,2-5,9-10H2,1H3,(H2,17,19). The monoisotopic (exact) mass is 280 g/mol. The van der Waals surface area contributed by atoms with Gasteiger partial charge >= 0.3 is 0 Å². The van der Waals surface area contributed by atoms with Gasteiger partial charge in [0, 0.05) is 18.7 Å². The predicted octanol–water partition coefficient (Wildman–Crippen LogP) is 3.08. The zero-order chi connectivity index (χ0) is 13.8. The predicted molar refractivity (Wildman–Crippen MR) is 80.6 cm³/mol. The summed E-state index contributed by atoms with van der Waals surface area (Å²) in [6.07, 6.45) is 5.37. The molecule has 1 aliphatic rings. The van der Waals surface area contributed by atoms with Crippen LogP contribution < -0.4 is 5.73 Å². The van der Waals surface area contributed by atoms with Crippen LogP contribution >= 0.6 is 12.2 Å². The summed E-state index contributed by atoms with van der Waals surface area (Å²) in [5, 5.41) is 0. The second-order valence-electron chi connectivity index (χ2n) is 5.51. The van der Waals surface area contributed by atoms with Crippen LogP contribution in [0.3, 0.4) is 0 Å². The normalized spacial score (nSPS) is 16.2. The molecule has 1 fully saturated rings. The first-order valence-electron chi connectivity index (χ1n) is 6.83. The molecule has 1 saturated carbocycles. The van der Waals surface area contributed by atoms with E-state index < -0.39 is 0 Å². The van der Waals surface area contributed by atoms with E-state index in [1.165, 1.54) is 37.8 Å². The molecule has 104 valence electrons. The maximum Gasteiger partial charge on any atom is 0.123 e. The van der Waals surface area contributed by atoms with Gasteiger partial charge in [-0.2, -0.15) is 0 Å². The summed E-state index contributed by atoms with van der Waals surface area (Å²) in [7, 11) is 2.10. The van der Waals surface area contributed by atoms with E-state index in [-0.39, 0.29) is 10.8 Å². The minimum atomic E-state index is -0.287. The van der Waals surface area contributed by atoms with E-state index in [2.05, 4.69) is 11.9 Å². The van der Waals surface area contributed by atoms with Crippen LogP contribution in [-0.4, -0.2) is 23.5 Å². The van der Waals surface area contributed by atoms with Crippen molar-refractivity contribution in [1.82, 2.24) is 4.90 Å². The number of benzene rings is 1. The van der Waals surface area contributed by atoms with E-state index in [1.807, 2.05) is 0 Å². The highest BCUT2D eigenvalue weighted by molar-refractivity contribution is 7.80. The van der Waals surface area contributed by atoms with Crippen LogP contribution in [0, 0.1) is 11.7 Å². The van der Waals surface area contributed by atoms with E-state index in [1.54, 1.807) is 6.07 Å². The maximum atomic E-state index is 13.2. The fraction of sp³-hybridized carbons (Fsp3) is 0.533. The van der Waals surface area contributed by atoms with E-state index in [9.17, 15) is 4.39 Å². The molecule has 2 rings (SSSR count). The fourth-order valence-electron chi connectivity index (χ4n) is 2.90. The highest BCUT2D eigenvalue weighted by Crippen LogP contribution is 2.25. The number of hydrogen-bond acceptors (Lipinski definition) is 2.